The number of anilines is 1. The van der Waals surface area contributed by atoms with Gasteiger partial charge in [-0.05, 0) is 25.8 Å². The van der Waals surface area contributed by atoms with E-state index >= 15 is 0 Å². The molecule has 0 amide bonds. The summed E-state index contributed by atoms with van der Waals surface area (Å²) in [4.78, 5) is 11.7. The molecule has 1 spiro atoms. The monoisotopic (exact) mass is 428 g/mol. The van der Waals surface area contributed by atoms with Crippen LogP contribution >= 0.6 is 11.6 Å². The Morgan fingerprint density at radius 3 is 2.73 bits per heavy atom. The standard InChI is InChI=1S/C21H25ClN6O2/c1-12-18(23)21(11-30-12)6-8-28(9-7-21)20-15(10-29)24-17-16(26-27-19(17)25-20)13-4-2-3-5-14(13)22/h2-5,12,18,29H,6-11,23H2,1H3,(H,25,26,27)/t12-,18+/m0/s1. The number of hydrogen-bond acceptors (Lipinski definition) is 7. The van der Waals surface area contributed by atoms with E-state index in [1.54, 1.807) is 0 Å². The molecule has 2 fully saturated rings. The Labute approximate surface area is 179 Å². The van der Waals surface area contributed by atoms with Crippen LogP contribution in [0.3, 0.4) is 0 Å². The van der Waals surface area contributed by atoms with Crippen LogP contribution in [0.15, 0.2) is 24.3 Å². The maximum Gasteiger partial charge on any atom is 0.177 e. The zero-order valence-corrected chi connectivity index (χ0v) is 17.6. The quantitative estimate of drug-likeness (QED) is 0.587. The first-order chi connectivity index (χ1) is 14.5. The van der Waals surface area contributed by atoms with Crippen LogP contribution < -0.4 is 10.6 Å². The van der Waals surface area contributed by atoms with Crippen molar-refractivity contribution in [3.8, 4) is 11.3 Å². The number of aromatic nitrogens is 4. The Hall–Kier alpha value is -2.26. The van der Waals surface area contributed by atoms with Crippen molar-refractivity contribution in [2.75, 3.05) is 24.6 Å². The number of piperidine rings is 1. The number of nitrogens with one attached hydrogen (secondary N) is 1. The molecule has 1 aromatic carbocycles. The van der Waals surface area contributed by atoms with Gasteiger partial charge in [-0.2, -0.15) is 5.10 Å². The van der Waals surface area contributed by atoms with Gasteiger partial charge in [0.15, 0.2) is 11.5 Å². The lowest BCUT2D eigenvalue weighted by molar-refractivity contribution is 0.0973. The first-order valence-corrected chi connectivity index (χ1v) is 10.6. The maximum atomic E-state index is 10.0. The van der Waals surface area contributed by atoms with Crippen molar-refractivity contribution in [2.45, 2.75) is 38.5 Å². The molecule has 0 unspecified atom stereocenters. The van der Waals surface area contributed by atoms with Crippen LogP contribution in [-0.4, -0.2) is 57.1 Å². The number of aliphatic hydroxyl groups excluding tert-OH is 1. The van der Waals surface area contributed by atoms with Gasteiger partial charge >= 0.3 is 0 Å². The molecule has 4 N–H and O–H groups in total. The van der Waals surface area contributed by atoms with E-state index < -0.39 is 0 Å². The zero-order valence-electron chi connectivity index (χ0n) is 16.8. The molecule has 2 atom stereocenters. The molecule has 5 rings (SSSR count). The summed E-state index contributed by atoms with van der Waals surface area (Å²) >= 11 is 6.34. The molecule has 3 aromatic rings. The Balaban J connectivity index is 1.47. The van der Waals surface area contributed by atoms with Crippen molar-refractivity contribution >= 4 is 28.6 Å². The Kier molecular flexibility index (Phi) is 4.89. The van der Waals surface area contributed by atoms with Crippen LogP contribution in [0.2, 0.25) is 5.02 Å². The van der Waals surface area contributed by atoms with Crippen molar-refractivity contribution in [1.29, 1.82) is 0 Å². The summed E-state index contributed by atoms with van der Waals surface area (Å²) in [7, 11) is 0. The molecule has 30 heavy (non-hydrogen) atoms. The van der Waals surface area contributed by atoms with Gasteiger partial charge in [0, 0.05) is 30.1 Å². The molecule has 158 valence electrons. The van der Waals surface area contributed by atoms with Crippen molar-refractivity contribution in [3.05, 3.63) is 35.0 Å². The van der Waals surface area contributed by atoms with E-state index in [-0.39, 0.29) is 24.2 Å². The number of benzene rings is 1. The van der Waals surface area contributed by atoms with E-state index in [9.17, 15) is 5.11 Å². The predicted octanol–water partition coefficient (Wildman–Crippen LogP) is 2.50. The van der Waals surface area contributed by atoms with Gasteiger partial charge in [0.05, 0.1) is 24.3 Å². The molecule has 2 saturated heterocycles. The second-order valence-electron chi connectivity index (χ2n) is 8.29. The topological polar surface area (TPSA) is 113 Å². The summed E-state index contributed by atoms with van der Waals surface area (Å²) in [6.07, 6.45) is 1.95. The van der Waals surface area contributed by atoms with Crippen molar-refractivity contribution in [2.24, 2.45) is 11.1 Å². The number of H-pyrrole nitrogens is 1. The molecule has 2 aliphatic rings. The van der Waals surface area contributed by atoms with Gasteiger partial charge in [0.25, 0.3) is 0 Å². The molecule has 8 nitrogen and oxygen atoms in total. The number of nitrogens with two attached hydrogens (primary N) is 1. The summed E-state index contributed by atoms with van der Waals surface area (Å²) < 4.78 is 5.82. The van der Waals surface area contributed by atoms with Crippen LogP contribution in [0.25, 0.3) is 22.4 Å². The number of aromatic amines is 1. The van der Waals surface area contributed by atoms with Crippen LogP contribution in [-0.2, 0) is 11.3 Å². The van der Waals surface area contributed by atoms with Gasteiger partial charge < -0.3 is 20.5 Å². The summed E-state index contributed by atoms with van der Waals surface area (Å²) in [5, 5.41) is 18.0. The molecule has 4 heterocycles. The van der Waals surface area contributed by atoms with Crippen LogP contribution in [0.5, 0.6) is 0 Å². The van der Waals surface area contributed by atoms with Crippen LogP contribution in [0.1, 0.15) is 25.5 Å². The SMILES string of the molecule is C[C@@H]1OCC2(CCN(c3nc4[nH]nc(-c5ccccc5Cl)c4nc3CO)CC2)[C@@H]1N. The minimum Gasteiger partial charge on any atom is -0.390 e. The highest BCUT2D eigenvalue weighted by Gasteiger charge is 2.47. The Morgan fingerprint density at radius 1 is 1.30 bits per heavy atom. The van der Waals surface area contributed by atoms with Crippen molar-refractivity contribution in [1.82, 2.24) is 20.2 Å². The fourth-order valence-corrected chi connectivity index (χ4v) is 4.93. The van der Waals surface area contributed by atoms with Crippen molar-refractivity contribution in [3.63, 3.8) is 0 Å². The van der Waals surface area contributed by atoms with Gasteiger partial charge in [-0.1, -0.05) is 29.8 Å². The van der Waals surface area contributed by atoms with Crippen LogP contribution in [0.4, 0.5) is 5.82 Å². The maximum absolute atomic E-state index is 10.0. The van der Waals surface area contributed by atoms with E-state index in [0.717, 1.165) is 31.5 Å². The highest BCUT2D eigenvalue weighted by Crippen LogP contribution is 2.42. The highest BCUT2D eigenvalue weighted by molar-refractivity contribution is 6.33. The number of fused-ring (bicyclic) bond motifs is 1. The predicted molar refractivity (Wildman–Crippen MR) is 115 cm³/mol. The van der Waals surface area contributed by atoms with Crippen LogP contribution in [0, 0.1) is 5.41 Å². The van der Waals surface area contributed by atoms with E-state index in [2.05, 4.69) is 15.1 Å². The molecule has 0 aliphatic carbocycles. The third-order valence-corrected chi connectivity index (χ3v) is 6.96. The normalized spacial score (nSPS) is 23.5. The lowest BCUT2D eigenvalue weighted by atomic mass is 9.73. The van der Waals surface area contributed by atoms with Gasteiger partial charge in [0.1, 0.15) is 16.9 Å². The molecule has 2 aromatic heterocycles. The second-order valence-corrected chi connectivity index (χ2v) is 8.70. The first-order valence-electron chi connectivity index (χ1n) is 10.3. The summed E-state index contributed by atoms with van der Waals surface area (Å²) in [6, 6.07) is 7.53. The number of ether oxygens (including phenoxy) is 1. The van der Waals surface area contributed by atoms with Crippen molar-refractivity contribution < 1.29 is 9.84 Å². The lowest BCUT2D eigenvalue weighted by Crippen LogP contribution is -2.51. The molecule has 0 bridgehead atoms. The van der Waals surface area contributed by atoms with E-state index in [4.69, 9.17) is 32.0 Å². The first kappa shape index (κ1) is 19.7. The minimum atomic E-state index is -0.202. The third kappa shape index (κ3) is 3.06. The average molecular weight is 429 g/mol. The number of halogens is 1. The second kappa shape index (κ2) is 7.46. The number of nitrogens with zero attached hydrogens (tertiary/aromatic N) is 4. The lowest BCUT2D eigenvalue weighted by Gasteiger charge is -2.41. The average Bonchev–Trinajstić information content (AvgIpc) is 3.30. The largest absolute Gasteiger partial charge is 0.390 e. The molecule has 0 saturated carbocycles. The Morgan fingerprint density at radius 2 is 2.07 bits per heavy atom. The summed E-state index contributed by atoms with van der Waals surface area (Å²) in [6.45, 7) is 4.14. The smallest absolute Gasteiger partial charge is 0.177 e. The Bertz CT molecular complexity index is 1080. The van der Waals surface area contributed by atoms with Gasteiger partial charge in [-0.3, -0.25) is 5.10 Å². The number of rotatable bonds is 3. The van der Waals surface area contributed by atoms with Gasteiger partial charge in [-0.15, -0.1) is 0 Å². The summed E-state index contributed by atoms with van der Waals surface area (Å²) in [5.74, 6) is 0.690. The molecule has 9 heteroatoms. The van der Waals surface area contributed by atoms with Gasteiger partial charge in [-0.25, -0.2) is 9.97 Å². The van der Waals surface area contributed by atoms with E-state index in [1.807, 2.05) is 31.2 Å². The fraction of sp³-hybridized carbons (Fsp3) is 0.476. The molecular formula is C21H25ClN6O2. The third-order valence-electron chi connectivity index (χ3n) is 6.63. The molecular weight excluding hydrogens is 404 g/mol. The molecule has 2 aliphatic heterocycles. The van der Waals surface area contributed by atoms with Gasteiger partial charge in [0.2, 0.25) is 0 Å². The number of aliphatic hydroxyl groups is 1. The number of hydrogen-bond donors (Lipinski definition) is 3. The molecule has 0 radical (unpaired) electrons. The van der Waals surface area contributed by atoms with E-state index in [1.165, 1.54) is 0 Å². The minimum absolute atomic E-state index is 0.0258. The van der Waals surface area contributed by atoms with E-state index in [0.29, 0.717) is 40.0 Å². The fourth-order valence-electron chi connectivity index (χ4n) is 4.70. The zero-order chi connectivity index (χ0) is 20.9. The summed E-state index contributed by atoms with van der Waals surface area (Å²) in [5.41, 5.74) is 9.58. The highest BCUT2D eigenvalue weighted by atomic mass is 35.5.